The van der Waals surface area contributed by atoms with Crippen LogP contribution in [-0.4, -0.2) is 58.6 Å². The summed E-state index contributed by atoms with van der Waals surface area (Å²) in [4.78, 5) is 19.5. The molecule has 0 aromatic carbocycles. The summed E-state index contributed by atoms with van der Waals surface area (Å²) in [7, 11) is 2.04. The lowest BCUT2D eigenvalue weighted by atomic mass is 10.2. The first-order valence-electron chi connectivity index (χ1n) is 6.60. The largest absolute Gasteiger partial charge is 0.369 e. The lowest BCUT2D eigenvalue weighted by Gasteiger charge is -2.22. The fourth-order valence-corrected chi connectivity index (χ4v) is 2.39. The molecule has 7 heteroatoms. The predicted octanol–water partition coefficient (Wildman–Crippen LogP) is -0.377. The Balaban J connectivity index is 1.83. The number of likely N-dealkylation sites (N-methyl/N-ethyl adjacent to an activating group) is 1. The third kappa shape index (κ3) is 3.74. The van der Waals surface area contributed by atoms with Crippen LogP contribution >= 0.6 is 0 Å². The summed E-state index contributed by atoms with van der Waals surface area (Å²) in [6.45, 7) is 4.76. The van der Waals surface area contributed by atoms with Crippen molar-refractivity contribution in [2.24, 2.45) is 5.73 Å². The summed E-state index contributed by atoms with van der Waals surface area (Å²) >= 11 is 0. The zero-order valence-corrected chi connectivity index (χ0v) is 11.5. The number of nitrogens with two attached hydrogens (primary N) is 1. The molecular formula is C12H21N5O2. The van der Waals surface area contributed by atoms with Crippen LogP contribution in [0.2, 0.25) is 0 Å². The topological polar surface area (TPSA) is 88.5 Å². The van der Waals surface area contributed by atoms with E-state index in [1.165, 1.54) is 0 Å². The standard InChI is InChI=1S/C12H21N5O2/c1-3-12-14-11(15-19-12)8-16(2)9-4-5-17(6-9)7-10(13)18/h9H,3-8H2,1-2H3,(H2,13,18). The first kappa shape index (κ1) is 14.0. The number of hydrogen-bond acceptors (Lipinski definition) is 6. The van der Waals surface area contributed by atoms with Gasteiger partial charge in [0.1, 0.15) is 0 Å². The molecule has 106 valence electrons. The molecule has 2 rings (SSSR count). The Morgan fingerprint density at radius 2 is 2.42 bits per heavy atom. The van der Waals surface area contributed by atoms with Gasteiger partial charge < -0.3 is 10.3 Å². The van der Waals surface area contributed by atoms with Gasteiger partial charge in [-0.25, -0.2) is 0 Å². The van der Waals surface area contributed by atoms with Crippen LogP contribution in [0.1, 0.15) is 25.1 Å². The molecule has 1 aliphatic rings. The maximum atomic E-state index is 10.9. The van der Waals surface area contributed by atoms with E-state index in [9.17, 15) is 4.79 Å². The average Bonchev–Trinajstić information content (AvgIpc) is 2.97. The van der Waals surface area contributed by atoms with Crippen LogP contribution in [0.25, 0.3) is 0 Å². The van der Waals surface area contributed by atoms with E-state index in [1.54, 1.807) is 0 Å². The molecule has 1 atom stereocenters. The molecule has 1 saturated heterocycles. The molecule has 2 heterocycles. The van der Waals surface area contributed by atoms with E-state index >= 15 is 0 Å². The van der Waals surface area contributed by atoms with Crippen LogP contribution < -0.4 is 5.73 Å². The Bertz CT molecular complexity index is 434. The van der Waals surface area contributed by atoms with Gasteiger partial charge in [0.05, 0.1) is 13.1 Å². The molecule has 1 amide bonds. The second kappa shape index (κ2) is 6.12. The zero-order chi connectivity index (χ0) is 13.8. The molecule has 0 radical (unpaired) electrons. The molecule has 0 saturated carbocycles. The van der Waals surface area contributed by atoms with Crippen LogP contribution in [0, 0.1) is 0 Å². The Morgan fingerprint density at radius 1 is 1.63 bits per heavy atom. The summed E-state index contributed by atoms with van der Waals surface area (Å²) in [5, 5.41) is 3.95. The Labute approximate surface area is 112 Å². The van der Waals surface area contributed by atoms with Crippen molar-refractivity contribution in [1.29, 1.82) is 0 Å². The number of aryl methyl sites for hydroxylation is 1. The summed E-state index contributed by atoms with van der Waals surface area (Å²) in [6, 6.07) is 0.405. The van der Waals surface area contributed by atoms with Gasteiger partial charge in [-0.05, 0) is 13.5 Å². The van der Waals surface area contributed by atoms with Gasteiger partial charge in [-0.2, -0.15) is 4.98 Å². The fourth-order valence-electron chi connectivity index (χ4n) is 2.39. The molecule has 0 aliphatic carbocycles. The van der Waals surface area contributed by atoms with Gasteiger partial charge in [0.25, 0.3) is 0 Å². The number of primary amides is 1. The summed E-state index contributed by atoms with van der Waals surface area (Å²) in [5.41, 5.74) is 5.21. The number of hydrogen-bond donors (Lipinski definition) is 1. The summed E-state index contributed by atoms with van der Waals surface area (Å²) in [5.74, 6) is 1.12. The minimum atomic E-state index is -0.269. The number of nitrogens with zero attached hydrogens (tertiary/aromatic N) is 4. The van der Waals surface area contributed by atoms with E-state index in [1.807, 2.05) is 14.0 Å². The Hall–Kier alpha value is -1.47. The van der Waals surface area contributed by atoms with Gasteiger partial charge in [0.2, 0.25) is 11.8 Å². The van der Waals surface area contributed by atoms with Crippen molar-refractivity contribution >= 4 is 5.91 Å². The fraction of sp³-hybridized carbons (Fsp3) is 0.750. The smallest absolute Gasteiger partial charge is 0.231 e. The predicted molar refractivity (Wildman–Crippen MR) is 69.2 cm³/mol. The molecule has 1 aromatic rings. The number of carbonyl (C=O) groups is 1. The van der Waals surface area contributed by atoms with Gasteiger partial charge >= 0.3 is 0 Å². The number of carbonyl (C=O) groups excluding carboxylic acids is 1. The summed E-state index contributed by atoms with van der Waals surface area (Å²) in [6.07, 6.45) is 1.79. The molecule has 1 fully saturated rings. The minimum Gasteiger partial charge on any atom is -0.369 e. The number of amides is 1. The third-order valence-corrected chi connectivity index (χ3v) is 3.45. The van der Waals surface area contributed by atoms with Gasteiger partial charge in [-0.1, -0.05) is 12.1 Å². The van der Waals surface area contributed by atoms with Gasteiger partial charge in [-0.3, -0.25) is 14.6 Å². The van der Waals surface area contributed by atoms with E-state index in [0.29, 0.717) is 30.8 Å². The lowest BCUT2D eigenvalue weighted by Crippen LogP contribution is -2.37. The van der Waals surface area contributed by atoms with Crippen molar-refractivity contribution in [2.45, 2.75) is 32.4 Å². The van der Waals surface area contributed by atoms with Crippen LogP contribution in [-0.2, 0) is 17.8 Å². The lowest BCUT2D eigenvalue weighted by molar-refractivity contribution is -0.118. The first-order valence-corrected chi connectivity index (χ1v) is 6.60. The molecule has 19 heavy (non-hydrogen) atoms. The van der Waals surface area contributed by atoms with Crippen LogP contribution in [0.15, 0.2) is 4.52 Å². The van der Waals surface area contributed by atoms with Crippen LogP contribution in [0.4, 0.5) is 0 Å². The van der Waals surface area contributed by atoms with E-state index in [0.717, 1.165) is 25.9 Å². The molecule has 0 bridgehead atoms. The highest BCUT2D eigenvalue weighted by Gasteiger charge is 2.27. The van der Waals surface area contributed by atoms with Gasteiger partial charge in [0.15, 0.2) is 5.82 Å². The van der Waals surface area contributed by atoms with Crippen molar-refractivity contribution in [2.75, 3.05) is 26.7 Å². The molecule has 1 aromatic heterocycles. The highest BCUT2D eigenvalue weighted by atomic mass is 16.5. The number of aromatic nitrogens is 2. The van der Waals surface area contributed by atoms with Crippen molar-refractivity contribution < 1.29 is 9.32 Å². The monoisotopic (exact) mass is 267 g/mol. The van der Waals surface area contributed by atoms with Crippen LogP contribution in [0.5, 0.6) is 0 Å². The quantitative estimate of drug-likeness (QED) is 0.756. The van der Waals surface area contributed by atoms with Crippen molar-refractivity contribution in [3.63, 3.8) is 0 Å². The maximum absolute atomic E-state index is 10.9. The van der Waals surface area contributed by atoms with Crippen molar-refractivity contribution in [3.05, 3.63) is 11.7 Å². The molecule has 1 unspecified atom stereocenters. The average molecular weight is 267 g/mol. The summed E-state index contributed by atoms with van der Waals surface area (Å²) < 4.78 is 5.09. The van der Waals surface area contributed by atoms with Crippen molar-refractivity contribution in [3.8, 4) is 0 Å². The SMILES string of the molecule is CCc1nc(CN(C)C2CCN(CC(N)=O)C2)no1. The molecule has 1 aliphatic heterocycles. The van der Waals surface area contributed by atoms with E-state index in [-0.39, 0.29) is 5.91 Å². The number of likely N-dealkylation sites (tertiary alicyclic amines) is 1. The first-order chi connectivity index (χ1) is 9.08. The molecule has 7 nitrogen and oxygen atoms in total. The highest BCUT2D eigenvalue weighted by molar-refractivity contribution is 5.75. The van der Waals surface area contributed by atoms with E-state index in [4.69, 9.17) is 10.3 Å². The third-order valence-electron chi connectivity index (χ3n) is 3.45. The van der Waals surface area contributed by atoms with Crippen LogP contribution in [0.3, 0.4) is 0 Å². The number of rotatable bonds is 6. The van der Waals surface area contributed by atoms with Gasteiger partial charge in [0, 0.05) is 25.6 Å². The molecule has 0 spiro atoms. The van der Waals surface area contributed by atoms with Gasteiger partial charge in [-0.15, -0.1) is 0 Å². The molecule has 2 N–H and O–H groups in total. The zero-order valence-electron chi connectivity index (χ0n) is 11.5. The maximum Gasteiger partial charge on any atom is 0.231 e. The van der Waals surface area contributed by atoms with Crippen molar-refractivity contribution in [1.82, 2.24) is 19.9 Å². The minimum absolute atomic E-state index is 0.269. The Kier molecular flexibility index (Phi) is 4.49. The molecular weight excluding hydrogens is 246 g/mol. The second-order valence-electron chi connectivity index (χ2n) is 5.02. The van der Waals surface area contributed by atoms with E-state index in [2.05, 4.69) is 19.9 Å². The second-order valence-corrected chi connectivity index (χ2v) is 5.02. The van der Waals surface area contributed by atoms with E-state index < -0.39 is 0 Å². The Morgan fingerprint density at radius 3 is 3.05 bits per heavy atom. The highest BCUT2D eigenvalue weighted by Crippen LogP contribution is 2.15. The normalized spacial score (nSPS) is 20.3.